The van der Waals surface area contributed by atoms with Crippen molar-refractivity contribution in [2.45, 2.75) is 31.6 Å². The Labute approximate surface area is 172 Å². The lowest BCUT2D eigenvalue weighted by Gasteiger charge is -2.29. The zero-order valence-electron chi connectivity index (χ0n) is 16.9. The maximum absolute atomic E-state index is 12.9. The summed E-state index contributed by atoms with van der Waals surface area (Å²) in [6.45, 7) is 5.80. The predicted molar refractivity (Wildman–Crippen MR) is 114 cm³/mol. The topological polar surface area (TPSA) is 75.7 Å². The highest BCUT2D eigenvalue weighted by Gasteiger charge is 2.28. The van der Waals surface area contributed by atoms with E-state index in [1.807, 2.05) is 31.2 Å². The summed E-state index contributed by atoms with van der Waals surface area (Å²) in [5.74, 6) is 1.15. The Morgan fingerprint density at radius 1 is 1.14 bits per heavy atom. The minimum absolute atomic E-state index is 0.0821. The summed E-state index contributed by atoms with van der Waals surface area (Å²) < 4.78 is 32.8. The summed E-state index contributed by atoms with van der Waals surface area (Å²) >= 11 is 0. The number of carbonyl (C=O) groups is 1. The molecule has 1 aliphatic rings. The van der Waals surface area contributed by atoms with Crippen LogP contribution in [0.3, 0.4) is 0 Å². The van der Waals surface area contributed by atoms with Gasteiger partial charge >= 0.3 is 0 Å². The highest BCUT2D eigenvalue weighted by atomic mass is 32.2. The third kappa shape index (κ3) is 5.36. The molecule has 0 unspecified atom stereocenters. The van der Waals surface area contributed by atoms with Crippen LogP contribution in [0.5, 0.6) is 5.75 Å². The third-order valence-electron chi connectivity index (χ3n) is 5.15. The molecule has 0 radical (unpaired) electrons. The molecule has 0 atom stereocenters. The highest BCUT2D eigenvalue weighted by molar-refractivity contribution is 7.89. The molecule has 2 aromatic rings. The molecular weight excluding hydrogens is 388 g/mol. The van der Waals surface area contributed by atoms with E-state index in [4.69, 9.17) is 4.74 Å². The second-order valence-electron chi connectivity index (χ2n) is 7.35. The molecule has 7 heteroatoms. The van der Waals surface area contributed by atoms with Crippen LogP contribution >= 0.6 is 0 Å². The number of nitrogens with zero attached hydrogens (tertiary/aromatic N) is 1. The molecule has 6 nitrogen and oxygen atoms in total. The number of ketones is 1. The minimum Gasteiger partial charge on any atom is -0.494 e. The minimum atomic E-state index is -3.57. The number of piperidine rings is 1. The van der Waals surface area contributed by atoms with Crippen LogP contribution in [-0.2, 0) is 10.0 Å². The summed E-state index contributed by atoms with van der Waals surface area (Å²) in [5.41, 5.74) is 1.18. The molecule has 0 aliphatic carbocycles. The van der Waals surface area contributed by atoms with E-state index in [1.165, 1.54) is 10.4 Å². The van der Waals surface area contributed by atoms with Gasteiger partial charge < -0.3 is 10.1 Å². The summed E-state index contributed by atoms with van der Waals surface area (Å²) in [4.78, 5) is 12.8. The molecule has 1 heterocycles. The zero-order chi connectivity index (χ0) is 20.9. The van der Waals surface area contributed by atoms with Gasteiger partial charge in [-0.25, -0.2) is 8.42 Å². The van der Waals surface area contributed by atoms with Gasteiger partial charge in [-0.1, -0.05) is 19.1 Å². The van der Waals surface area contributed by atoms with Crippen LogP contribution in [-0.4, -0.2) is 44.7 Å². The van der Waals surface area contributed by atoms with Crippen molar-refractivity contribution in [3.8, 4) is 5.75 Å². The van der Waals surface area contributed by atoms with E-state index in [1.54, 1.807) is 18.2 Å². The van der Waals surface area contributed by atoms with Gasteiger partial charge in [-0.2, -0.15) is 4.31 Å². The third-order valence-corrected chi connectivity index (χ3v) is 7.05. The van der Waals surface area contributed by atoms with Crippen molar-refractivity contribution in [2.75, 3.05) is 31.6 Å². The quantitative estimate of drug-likeness (QED) is 0.663. The number of hydrogen-bond donors (Lipinski definition) is 1. The van der Waals surface area contributed by atoms with Crippen molar-refractivity contribution in [3.63, 3.8) is 0 Å². The standard InChI is InChI=1S/C22H28N2O4S/c1-3-28-20-9-7-19(8-10-20)23-16-22(25)18-5-4-6-21(15-18)29(26,27)24-13-11-17(2)12-14-24/h4-10,15,17,23H,3,11-14,16H2,1-2H3. The number of carbonyl (C=O) groups excluding carboxylic acids is 1. The molecule has 156 valence electrons. The molecule has 1 fully saturated rings. The predicted octanol–water partition coefficient (Wildman–Crippen LogP) is 3.80. The zero-order valence-corrected chi connectivity index (χ0v) is 17.7. The molecule has 1 N–H and O–H groups in total. The SMILES string of the molecule is CCOc1ccc(NCC(=O)c2cccc(S(=O)(=O)N3CCC(C)CC3)c2)cc1. The molecule has 0 spiro atoms. The molecule has 2 aromatic carbocycles. The van der Waals surface area contributed by atoms with Gasteiger partial charge in [0.05, 0.1) is 18.0 Å². The molecule has 29 heavy (non-hydrogen) atoms. The fourth-order valence-electron chi connectivity index (χ4n) is 3.32. The first-order chi connectivity index (χ1) is 13.9. The number of rotatable bonds is 8. The molecule has 1 saturated heterocycles. The van der Waals surface area contributed by atoms with Crippen LogP contribution in [0.15, 0.2) is 53.4 Å². The first-order valence-corrected chi connectivity index (χ1v) is 11.4. The maximum Gasteiger partial charge on any atom is 0.243 e. The van der Waals surface area contributed by atoms with Gasteiger partial charge in [0.25, 0.3) is 0 Å². The smallest absolute Gasteiger partial charge is 0.243 e. The number of nitrogens with one attached hydrogen (secondary N) is 1. The maximum atomic E-state index is 12.9. The van der Waals surface area contributed by atoms with Crippen LogP contribution < -0.4 is 10.1 Å². The van der Waals surface area contributed by atoms with Gasteiger partial charge in [0.15, 0.2) is 5.78 Å². The Morgan fingerprint density at radius 3 is 2.48 bits per heavy atom. The van der Waals surface area contributed by atoms with Crippen LogP contribution in [0.2, 0.25) is 0 Å². The van der Waals surface area contributed by atoms with Gasteiger partial charge in [-0.05, 0) is 62.1 Å². The van der Waals surface area contributed by atoms with Crippen molar-refractivity contribution in [2.24, 2.45) is 5.92 Å². The number of anilines is 1. The molecule has 0 amide bonds. The lowest BCUT2D eigenvalue weighted by atomic mass is 10.0. The van der Waals surface area contributed by atoms with E-state index in [2.05, 4.69) is 12.2 Å². The number of benzene rings is 2. The Balaban J connectivity index is 1.66. The molecule has 0 aromatic heterocycles. The van der Waals surface area contributed by atoms with E-state index >= 15 is 0 Å². The summed E-state index contributed by atoms with van der Waals surface area (Å²) in [7, 11) is -3.57. The average molecular weight is 417 g/mol. The van der Waals surface area contributed by atoms with Crippen molar-refractivity contribution >= 4 is 21.5 Å². The number of sulfonamides is 1. The van der Waals surface area contributed by atoms with E-state index in [-0.39, 0.29) is 17.2 Å². The van der Waals surface area contributed by atoms with Crippen LogP contribution in [0.4, 0.5) is 5.69 Å². The average Bonchev–Trinajstić information content (AvgIpc) is 2.73. The molecule has 0 bridgehead atoms. The monoisotopic (exact) mass is 416 g/mol. The molecule has 3 rings (SSSR count). The summed E-state index contributed by atoms with van der Waals surface area (Å²) in [6.07, 6.45) is 1.73. The van der Waals surface area contributed by atoms with Crippen molar-refractivity contribution in [1.29, 1.82) is 0 Å². The molecule has 0 saturated carbocycles. The second kappa shape index (κ2) is 9.41. The largest absolute Gasteiger partial charge is 0.494 e. The lowest BCUT2D eigenvalue weighted by molar-refractivity contribution is 0.101. The number of hydrogen-bond acceptors (Lipinski definition) is 5. The molecular formula is C22H28N2O4S. The summed E-state index contributed by atoms with van der Waals surface area (Å²) in [5, 5.41) is 3.07. The van der Waals surface area contributed by atoms with E-state index < -0.39 is 10.0 Å². The normalized spacial score (nSPS) is 15.8. The van der Waals surface area contributed by atoms with Crippen LogP contribution in [0, 0.1) is 5.92 Å². The van der Waals surface area contributed by atoms with Gasteiger partial charge in [0.2, 0.25) is 10.0 Å². The van der Waals surface area contributed by atoms with E-state index in [0.717, 1.165) is 24.3 Å². The van der Waals surface area contributed by atoms with E-state index in [0.29, 0.717) is 31.2 Å². The summed E-state index contributed by atoms with van der Waals surface area (Å²) in [6, 6.07) is 13.7. The van der Waals surface area contributed by atoms with Gasteiger partial charge in [0, 0.05) is 24.3 Å². The lowest BCUT2D eigenvalue weighted by Crippen LogP contribution is -2.37. The highest BCUT2D eigenvalue weighted by Crippen LogP contribution is 2.24. The van der Waals surface area contributed by atoms with Crippen LogP contribution in [0.25, 0.3) is 0 Å². The van der Waals surface area contributed by atoms with Crippen molar-refractivity contribution in [3.05, 3.63) is 54.1 Å². The van der Waals surface area contributed by atoms with Crippen molar-refractivity contribution < 1.29 is 17.9 Å². The second-order valence-corrected chi connectivity index (χ2v) is 9.29. The Morgan fingerprint density at radius 2 is 1.83 bits per heavy atom. The Kier molecular flexibility index (Phi) is 6.92. The fraction of sp³-hybridized carbons (Fsp3) is 0.409. The fourth-order valence-corrected chi connectivity index (χ4v) is 4.84. The first kappa shape index (κ1) is 21.3. The van der Waals surface area contributed by atoms with Crippen LogP contribution in [0.1, 0.15) is 37.0 Å². The van der Waals surface area contributed by atoms with Crippen molar-refractivity contribution in [1.82, 2.24) is 4.31 Å². The molecule has 1 aliphatic heterocycles. The Hall–Kier alpha value is -2.38. The number of ether oxygens (including phenoxy) is 1. The van der Waals surface area contributed by atoms with Gasteiger partial charge in [-0.15, -0.1) is 0 Å². The van der Waals surface area contributed by atoms with Gasteiger partial charge in [0.1, 0.15) is 5.75 Å². The number of Topliss-reactive ketones (excluding diaryl/α,β-unsaturated/α-hetero) is 1. The van der Waals surface area contributed by atoms with E-state index in [9.17, 15) is 13.2 Å². The Bertz CT molecular complexity index is 934. The first-order valence-electron chi connectivity index (χ1n) is 10.0. The van der Waals surface area contributed by atoms with Gasteiger partial charge in [-0.3, -0.25) is 4.79 Å².